The van der Waals surface area contributed by atoms with Gasteiger partial charge in [-0.1, -0.05) is 35.9 Å². The minimum Gasteiger partial charge on any atom is -0.487 e. The van der Waals surface area contributed by atoms with Crippen molar-refractivity contribution in [1.29, 1.82) is 0 Å². The fraction of sp³-hybridized carbons (Fsp3) is 0.571. The molecule has 2 aliphatic heterocycles. The van der Waals surface area contributed by atoms with Crippen molar-refractivity contribution in [2.75, 3.05) is 20.8 Å². The number of halogens is 1. The molecule has 4 unspecified atom stereocenters. The lowest BCUT2D eigenvalue weighted by molar-refractivity contribution is -0.645. The number of esters is 1. The summed E-state index contributed by atoms with van der Waals surface area (Å²) in [6.07, 6.45) is 1.45. The molecule has 2 aromatic rings. The van der Waals surface area contributed by atoms with E-state index < -0.39 is 54.7 Å². The lowest BCUT2D eigenvalue weighted by Crippen LogP contribution is -2.76. The summed E-state index contributed by atoms with van der Waals surface area (Å²) in [6.45, 7) is -0.477. The molecule has 6 fully saturated rings. The van der Waals surface area contributed by atoms with Crippen molar-refractivity contribution in [1.82, 2.24) is 0 Å². The van der Waals surface area contributed by atoms with E-state index in [1.54, 1.807) is 43.5 Å². The van der Waals surface area contributed by atoms with Crippen molar-refractivity contribution >= 4 is 23.6 Å². The highest BCUT2D eigenvalue weighted by atomic mass is 35.5. The van der Waals surface area contributed by atoms with E-state index in [9.17, 15) is 25.2 Å². The van der Waals surface area contributed by atoms with Gasteiger partial charge in [-0.2, -0.15) is 4.89 Å². The summed E-state index contributed by atoms with van der Waals surface area (Å²) in [5.74, 6) is 0.844. The van der Waals surface area contributed by atoms with Crippen molar-refractivity contribution in [3.05, 3.63) is 64.2 Å². The van der Waals surface area contributed by atoms with Gasteiger partial charge in [0.05, 0.1) is 18.7 Å². The van der Waals surface area contributed by atoms with Gasteiger partial charge in [-0.25, -0.2) is 9.68 Å². The summed E-state index contributed by atoms with van der Waals surface area (Å²) >= 11 is 7.19. The van der Waals surface area contributed by atoms with Crippen LogP contribution in [-0.4, -0.2) is 83.5 Å². The molecule has 2 heterocycles. The molecule has 0 amide bonds. The van der Waals surface area contributed by atoms with Crippen LogP contribution in [0, 0.1) is 23.7 Å². The van der Waals surface area contributed by atoms with Crippen molar-refractivity contribution in [3.63, 3.8) is 0 Å². The zero-order valence-corrected chi connectivity index (χ0v) is 27.5. The normalized spacial score (nSPS) is 38.3. The van der Waals surface area contributed by atoms with Crippen molar-refractivity contribution in [2.45, 2.75) is 80.8 Å². The number of methoxy groups -OCH3 is 2. The van der Waals surface area contributed by atoms with E-state index in [-0.39, 0.29) is 23.5 Å². The molecule has 2 saturated heterocycles. The smallest absolute Gasteiger partial charge is 0.330 e. The average Bonchev–Trinajstić information content (AvgIpc) is 3.08. The van der Waals surface area contributed by atoms with E-state index in [1.807, 2.05) is 6.07 Å². The lowest BCUT2D eigenvalue weighted by Gasteiger charge is -2.68. The van der Waals surface area contributed by atoms with Gasteiger partial charge in [-0.05, 0) is 79.5 Å². The molecule has 1 spiro atoms. The van der Waals surface area contributed by atoms with Gasteiger partial charge < -0.3 is 44.1 Å². The van der Waals surface area contributed by atoms with E-state index in [4.69, 9.17) is 45.1 Å². The van der Waals surface area contributed by atoms with E-state index in [0.717, 1.165) is 31.2 Å². The second-order valence-electron chi connectivity index (χ2n) is 13.5. The number of benzene rings is 2. The number of hydrogen-bond donors (Lipinski definition) is 4. The minimum atomic E-state index is -1.55. The number of aliphatic hydroxyl groups is 4. The van der Waals surface area contributed by atoms with Crippen LogP contribution in [0.1, 0.15) is 48.8 Å². The fourth-order valence-corrected chi connectivity index (χ4v) is 9.13. The molecule has 12 nitrogen and oxygen atoms in total. The maximum Gasteiger partial charge on any atom is 0.330 e. The van der Waals surface area contributed by atoms with Gasteiger partial charge in [-0.15, -0.1) is 0 Å². The third-order valence-corrected chi connectivity index (χ3v) is 11.3. The summed E-state index contributed by atoms with van der Waals surface area (Å²) in [5, 5.41) is 40.2. The molecule has 4 N–H and O–H groups in total. The number of aliphatic hydroxyl groups excluding tert-OH is 4. The molecule has 8 rings (SSSR count). The third-order valence-electron chi connectivity index (χ3n) is 10.9. The quantitative estimate of drug-likeness (QED) is 0.164. The maximum atomic E-state index is 12.0. The summed E-state index contributed by atoms with van der Waals surface area (Å²) in [4.78, 5) is 24.1. The molecule has 4 saturated carbocycles. The molecule has 0 radical (unpaired) electrons. The Balaban J connectivity index is 1.14. The number of ether oxygens (including phenoxy) is 5. The van der Waals surface area contributed by atoms with Crippen molar-refractivity contribution in [3.8, 4) is 11.5 Å². The van der Waals surface area contributed by atoms with Crippen LogP contribution in [0.15, 0.2) is 42.5 Å². The maximum absolute atomic E-state index is 12.0. The predicted molar refractivity (Wildman–Crippen MR) is 168 cm³/mol. The summed E-state index contributed by atoms with van der Waals surface area (Å²) in [7, 11) is 2.91. The second-order valence-corrected chi connectivity index (χ2v) is 13.9. The first kappa shape index (κ1) is 33.7. The predicted octanol–water partition coefficient (Wildman–Crippen LogP) is 3.24. The van der Waals surface area contributed by atoms with Crippen LogP contribution in [0.2, 0.25) is 5.02 Å². The van der Waals surface area contributed by atoms with Crippen molar-refractivity contribution in [2.24, 2.45) is 23.7 Å². The number of carbonyl (C=O) groups excluding carboxylic acids is 1. The molecule has 6 aliphatic rings. The van der Waals surface area contributed by atoms with Crippen LogP contribution >= 0.6 is 11.6 Å². The highest BCUT2D eigenvalue weighted by molar-refractivity contribution is 6.33. The van der Waals surface area contributed by atoms with E-state index in [2.05, 4.69) is 0 Å². The Bertz CT molecular complexity index is 1500. The van der Waals surface area contributed by atoms with E-state index >= 15 is 0 Å². The Morgan fingerprint density at radius 1 is 0.938 bits per heavy atom. The van der Waals surface area contributed by atoms with Gasteiger partial charge in [-0.3, -0.25) is 0 Å². The van der Waals surface area contributed by atoms with Crippen LogP contribution in [0.25, 0.3) is 6.08 Å². The van der Waals surface area contributed by atoms with E-state index in [0.29, 0.717) is 34.5 Å². The number of rotatable bonds is 10. The first-order valence-electron chi connectivity index (χ1n) is 16.3. The van der Waals surface area contributed by atoms with Crippen LogP contribution in [-0.2, 0) is 41.2 Å². The van der Waals surface area contributed by atoms with Gasteiger partial charge in [0.15, 0.2) is 5.60 Å². The minimum absolute atomic E-state index is 0.0830. The van der Waals surface area contributed by atoms with Crippen LogP contribution in [0.3, 0.4) is 0 Å². The first-order valence-corrected chi connectivity index (χ1v) is 16.7. The largest absolute Gasteiger partial charge is 0.487 e. The Morgan fingerprint density at radius 3 is 2.21 bits per heavy atom. The topological polar surface area (TPSA) is 163 Å². The average molecular weight is 689 g/mol. The standard InChI is InChI=1S/C35H41ClO12/c1-42-27(38)10-6-21-5-9-25(35(43-2)34(47-48-35)22-12-19-11-20(14-22)15-23(34)13-19)28(36)32(21)44-17-18-3-7-24(8-4-18)45-33-31(41)30(40)29(39)26(16-37)46-33/h3-10,19-20,22-23,26,29-31,33,37,39-41H,11-17H2,1-2H3/b10-6+/t19?,20?,22?,23?,26?,29-,30?,31?,33+,34?,35?/m0/s1. The second kappa shape index (κ2) is 13.2. The zero-order chi connectivity index (χ0) is 33.8. The molecular formula is C35H41ClO12. The molecule has 6 atom stereocenters. The van der Waals surface area contributed by atoms with Crippen LogP contribution in [0.5, 0.6) is 11.5 Å². The highest BCUT2D eigenvalue weighted by Gasteiger charge is 2.77. The lowest BCUT2D eigenvalue weighted by atomic mass is 9.47. The van der Waals surface area contributed by atoms with Gasteiger partial charge in [0.25, 0.3) is 5.79 Å². The van der Waals surface area contributed by atoms with Gasteiger partial charge in [0.1, 0.15) is 42.5 Å². The molecule has 4 bridgehead atoms. The molecule has 13 heteroatoms. The number of carbonyl (C=O) groups is 1. The molecule has 0 aromatic heterocycles. The van der Waals surface area contributed by atoms with E-state index in [1.165, 1.54) is 19.6 Å². The molecule has 48 heavy (non-hydrogen) atoms. The van der Waals surface area contributed by atoms with Crippen LogP contribution < -0.4 is 9.47 Å². The zero-order valence-electron chi connectivity index (χ0n) is 26.7. The first-order chi connectivity index (χ1) is 23.1. The third kappa shape index (κ3) is 5.42. The highest BCUT2D eigenvalue weighted by Crippen LogP contribution is 2.70. The fourth-order valence-electron chi connectivity index (χ4n) is 8.78. The molecule has 2 aromatic carbocycles. The van der Waals surface area contributed by atoms with Crippen LogP contribution in [0.4, 0.5) is 0 Å². The SMILES string of the molecule is COC(=O)/C=C/c1ccc(C2(OC)OOC23C2CC4CC(C2)CC3C4)c(Cl)c1OCc1ccc(O[C@@H]2OC(CO)[C@H](O)C(O)C2O)cc1. The molecule has 4 aliphatic carbocycles. The Morgan fingerprint density at radius 2 is 1.62 bits per heavy atom. The van der Waals surface area contributed by atoms with Gasteiger partial charge in [0.2, 0.25) is 6.29 Å². The summed E-state index contributed by atoms with van der Waals surface area (Å²) < 4.78 is 28.5. The van der Waals surface area contributed by atoms with Gasteiger partial charge in [0, 0.05) is 24.3 Å². The molecular weight excluding hydrogens is 648 g/mol. The monoisotopic (exact) mass is 688 g/mol. The Hall–Kier alpha value is -2.78. The Labute approximate surface area is 283 Å². The number of hydrogen-bond acceptors (Lipinski definition) is 12. The summed E-state index contributed by atoms with van der Waals surface area (Å²) in [5.41, 5.74) is 1.22. The summed E-state index contributed by atoms with van der Waals surface area (Å²) in [6, 6.07) is 10.4. The van der Waals surface area contributed by atoms with Gasteiger partial charge >= 0.3 is 5.97 Å². The van der Waals surface area contributed by atoms with Crippen molar-refractivity contribution < 1.29 is 58.7 Å². The molecule has 260 valence electrons. The Kier molecular flexibility index (Phi) is 9.24.